The molecule has 0 aliphatic heterocycles. The number of rotatable bonds is 3. The summed E-state index contributed by atoms with van der Waals surface area (Å²) in [6.07, 6.45) is 7.46. The van der Waals surface area contributed by atoms with Gasteiger partial charge in [-0.2, -0.15) is 0 Å². The van der Waals surface area contributed by atoms with Gasteiger partial charge in [-0.1, -0.05) is 69.7 Å². The zero-order chi connectivity index (χ0) is 18.5. The summed E-state index contributed by atoms with van der Waals surface area (Å²) in [5.74, 6) is 0.454. The Morgan fingerprint density at radius 3 is 1.74 bits per heavy atom. The first-order valence-electron chi connectivity index (χ1n) is 8.81. The summed E-state index contributed by atoms with van der Waals surface area (Å²) in [6, 6.07) is 8.48. The van der Waals surface area contributed by atoms with Crippen molar-refractivity contribution < 1.29 is 9.53 Å². The topological polar surface area (TPSA) is 26.3 Å². The van der Waals surface area contributed by atoms with Gasteiger partial charge < -0.3 is 9.53 Å². The normalized spacial score (nSPS) is 11.3. The number of hydrogen-bond acceptors (Lipinski definition) is 2. The maximum atomic E-state index is 9.57. The lowest BCUT2D eigenvalue weighted by Crippen LogP contribution is -1.73. The highest BCUT2D eigenvalue weighted by Crippen LogP contribution is 2.25. The SMILES string of the molecule is C/C=C\c1ccc(C)cc1.CC.CC.CCOC.O=CC1CC1. The molecule has 134 valence electrons. The van der Waals surface area contributed by atoms with Crippen LogP contribution in [0.25, 0.3) is 6.08 Å². The van der Waals surface area contributed by atoms with Crippen LogP contribution in [-0.2, 0) is 9.53 Å². The molecule has 2 rings (SSSR count). The van der Waals surface area contributed by atoms with Gasteiger partial charge in [0.05, 0.1) is 0 Å². The minimum atomic E-state index is 0.454. The van der Waals surface area contributed by atoms with Crippen LogP contribution in [-0.4, -0.2) is 20.0 Å². The Labute approximate surface area is 145 Å². The first kappa shape index (κ1) is 26.5. The molecule has 0 N–H and O–H groups in total. The van der Waals surface area contributed by atoms with E-state index in [1.807, 2.05) is 47.6 Å². The van der Waals surface area contributed by atoms with E-state index in [1.165, 1.54) is 11.1 Å². The molecule has 1 aromatic rings. The van der Waals surface area contributed by atoms with Crippen LogP contribution in [0, 0.1) is 12.8 Å². The third-order valence-corrected chi connectivity index (χ3v) is 2.54. The first-order valence-corrected chi connectivity index (χ1v) is 8.81. The summed E-state index contributed by atoms with van der Waals surface area (Å²) in [7, 11) is 1.68. The monoisotopic (exact) mass is 322 g/mol. The Morgan fingerprint density at radius 1 is 1.09 bits per heavy atom. The summed E-state index contributed by atoms with van der Waals surface area (Å²) in [5.41, 5.74) is 2.58. The van der Waals surface area contributed by atoms with Crippen LogP contribution in [0.5, 0.6) is 0 Å². The van der Waals surface area contributed by atoms with E-state index in [-0.39, 0.29) is 0 Å². The second kappa shape index (κ2) is 22.9. The largest absolute Gasteiger partial charge is 0.385 e. The fourth-order valence-corrected chi connectivity index (χ4v) is 1.10. The number of carbonyl (C=O) groups excluding carboxylic acids is 1. The average molecular weight is 323 g/mol. The van der Waals surface area contributed by atoms with Crippen molar-refractivity contribution in [1.29, 1.82) is 0 Å². The molecule has 0 amide bonds. The van der Waals surface area contributed by atoms with Crippen molar-refractivity contribution in [2.24, 2.45) is 5.92 Å². The Bertz CT molecular complexity index is 347. The Hall–Kier alpha value is -1.41. The van der Waals surface area contributed by atoms with Crippen molar-refractivity contribution >= 4 is 12.4 Å². The van der Waals surface area contributed by atoms with E-state index in [9.17, 15) is 4.79 Å². The summed E-state index contributed by atoms with van der Waals surface area (Å²) in [4.78, 5) is 9.57. The van der Waals surface area contributed by atoms with E-state index in [2.05, 4.69) is 42.0 Å². The lowest BCUT2D eigenvalue weighted by atomic mass is 10.1. The molecule has 1 saturated carbocycles. The van der Waals surface area contributed by atoms with Crippen molar-refractivity contribution in [2.45, 2.75) is 61.3 Å². The van der Waals surface area contributed by atoms with Crippen molar-refractivity contribution in [3.63, 3.8) is 0 Å². The van der Waals surface area contributed by atoms with Gasteiger partial charge in [-0.3, -0.25) is 0 Å². The highest BCUT2D eigenvalue weighted by Gasteiger charge is 2.18. The predicted octanol–water partition coefficient (Wildman–Crippen LogP) is 6.33. The van der Waals surface area contributed by atoms with Crippen LogP contribution in [0.4, 0.5) is 0 Å². The fraction of sp³-hybridized carbons (Fsp3) is 0.571. The Kier molecular flexibility index (Phi) is 26.3. The average Bonchev–Trinajstić information content (AvgIpc) is 3.46. The van der Waals surface area contributed by atoms with E-state index in [4.69, 9.17) is 0 Å². The zero-order valence-corrected chi connectivity index (χ0v) is 16.6. The van der Waals surface area contributed by atoms with Gasteiger partial charge in [0.25, 0.3) is 0 Å². The van der Waals surface area contributed by atoms with Gasteiger partial charge in [0.2, 0.25) is 0 Å². The highest BCUT2D eigenvalue weighted by atomic mass is 16.5. The number of carbonyl (C=O) groups is 1. The molecule has 1 aliphatic carbocycles. The minimum absolute atomic E-state index is 0.454. The second-order valence-corrected chi connectivity index (χ2v) is 4.46. The first-order chi connectivity index (χ1) is 11.2. The van der Waals surface area contributed by atoms with Crippen molar-refractivity contribution in [2.75, 3.05) is 13.7 Å². The molecule has 0 saturated heterocycles. The van der Waals surface area contributed by atoms with Crippen LogP contribution >= 0.6 is 0 Å². The standard InChI is InChI=1S/C10H12.C4H6O.C3H8O.2C2H6/c1-3-4-10-7-5-9(2)6-8-10;5-3-4-1-2-4;1-3-4-2;2*1-2/h3-8H,1-2H3;3-4H,1-2H2;3H2,1-2H3;2*1-2H3/b4-3-;;;;. The van der Waals surface area contributed by atoms with Gasteiger partial charge in [-0.25, -0.2) is 0 Å². The molecule has 0 heterocycles. The van der Waals surface area contributed by atoms with Crippen molar-refractivity contribution in [3.05, 3.63) is 41.5 Å². The highest BCUT2D eigenvalue weighted by molar-refractivity contribution is 5.56. The summed E-state index contributed by atoms with van der Waals surface area (Å²) < 4.78 is 4.54. The van der Waals surface area contributed by atoms with Crippen molar-refractivity contribution in [3.8, 4) is 0 Å². The van der Waals surface area contributed by atoms with E-state index >= 15 is 0 Å². The van der Waals surface area contributed by atoms with Gasteiger partial charge in [-0.05, 0) is 39.2 Å². The second-order valence-electron chi connectivity index (χ2n) is 4.46. The summed E-state index contributed by atoms with van der Waals surface area (Å²) in [6.45, 7) is 14.9. The number of methoxy groups -OCH3 is 1. The lowest BCUT2D eigenvalue weighted by Gasteiger charge is -1.92. The van der Waals surface area contributed by atoms with Crippen LogP contribution in [0.1, 0.15) is 65.5 Å². The molecule has 1 aromatic carbocycles. The summed E-state index contributed by atoms with van der Waals surface area (Å²) in [5, 5.41) is 0. The van der Waals surface area contributed by atoms with E-state index < -0.39 is 0 Å². The molecule has 2 nitrogen and oxygen atoms in total. The molecular formula is C21H38O2. The minimum Gasteiger partial charge on any atom is -0.385 e. The maximum Gasteiger partial charge on any atom is 0.123 e. The number of aryl methyl sites for hydroxylation is 1. The zero-order valence-electron chi connectivity index (χ0n) is 16.6. The maximum absolute atomic E-state index is 9.57. The fourth-order valence-electron chi connectivity index (χ4n) is 1.10. The lowest BCUT2D eigenvalue weighted by molar-refractivity contribution is -0.108. The third kappa shape index (κ3) is 23.0. The van der Waals surface area contributed by atoms with E-state index in [0.29, 0.717) is 5.92 Å². The van der Waals surface area contributed by atoms with Gasteiger partial charge in [-0.15, -0.1) is 0 Å². The Balaban J connectivity index is -0.000000260. The number of aldehydes is 1. The number of benzene rings is 1. The molecule has 1 fully saturated rings. The molecule has 23 heavy (non-hydrogen) atoms. The molecule has 0 spiro atoms. The van der Waals surface area contributed by atoms with Gasteiger partial charge in [0, 0.05) is 19.6 Å². The molecule has 0 bridgehead atoms. The molecule has 0 atom stereocenters. The van der Waals surface area contributed by atoms with Crippen LogP contribution in [0.2, 0.25) is 0 Å². The molecule has 2 heteroatoms. The quantitative estimate of drug-likeness (QED) is 0.608. The number of allylic oxidation sites excluding steroid dienone is 1. The smallest absolute Gasteiger partial charge is 0.123 e. The van der Waals surface area contributed by atoms with E-state index in [0.717, 1.165) is 25.7 Å². The summed E-state index contributed by atoms with van der Waals surface area (Å²) >= 11 is 0. The van der Waals surface area contributed by atoms with Gasteiger partial charge >= 0.3 is 0 Å². The Morgan fingerprint density at radius 2 is 1.52 bits per heavy atom. The third-order valence-electron chi connectivity index (χ3n) is 2.54. The van der Waals surface area contributed by atoms with Gasteiger partial charge in [0.15, 0.2) is 0 Å². The van der Waals surface area contributed by atoms with E-state index in [1.54, 1.807) is 7.11 Å². The van der Waals surface area contributed by atoms with Crippen LogP contribution in [0.15, 0.2) is 30.3 Å². The number of ether oxygens (including phenoxy) is 1. The molecular weight excluding hydrogens is 284 g/mol. The molecule has 0 unspecified atom stereocenters. The van der Waals surface area contributed by atoms with Crippen LogP contribution in [0.3, 0.4) is 0 Å². The molecule has 0 aromatic heterocycles. The number of hydrogen-bond donors (Lipinski definition) is 0. The molecule has 1 aliphatic rings. The van der Waals surface area contributed by atoms with Gasteiger partial charge in [0.1, 0.15) is 6.29 Å². The van der Waals surface area contributed by atoms with Crippen LogP contribution < -0.4 is 0 Å². The predicted molar refractivity (Wildman–Crippen MR) is 105 cm³/mol. The molecule has 0 radical (unpaired) electrons. The van der Waals surface area contributed by atoms with Crippen molar-refractivity contribution in [1.82, 2.24) is 0 Å².